The van der Waals surface area contributed by atoms with E-state index in [-0.39, 0.29) is 24.9 Å². The summed E-state index contributed by atoms with van der Waals surface area (Å²) in [5.41, 5.74) is 1.34. The van der Waals surface area contributed by atoms with E-state index in [4.69, 9.17) is 0 Å². The molecular weight excluding hydrogens is 360 g/mol. The summed E-state index contributed by atoms with van der Waals surface area (Å²) < 4.78 is 29.5. The van der Waals surface area contributed by atoms with Gasteiger partial charge >= 0.3 is 0 Å². The first-order valence-electron chi connectivity index (χ1n) is 8.82. The lowest BCUT2D eigenvalue weighted by Gasteiger charge is -2.22. The third-order valence-corrected chi connectivity index (χ3v) is 5.73. The van der Waals surface area contributed by atoms with Crippen molar-refractivity contribution in [3.8, 4) is 0 Å². The maximum absolute atomic E-state index is 14.0. The summed E-state index contributed by atoms with van der Waals surface area (Å²) in [7, 11) is 0. The number of hydrogen-bond acceptors (Lipinski definition) is 5. The van der Waals surface area contributed by atoms with Crippen molar-refractivity contribution in [3.05, 3.63) is 34.3 Å². The molecule has 4 rings (SSSR count). The standard InChI is InChI=1S/C17H21F2N5OS/c18-17(19)7-14(23(12-17)8-13-3-6-26-11-13)9-24-10-15(20-21-24)16(25)22-4-1-2-5-22/h3,6,10-11,14H,1-2,4-5,7-9,12H2. The van der Waals surface area contributed by atoms with Gasteiger partial charge in [-0.2, -0.15) is 11.3 Å². The molecule has 0 saturated carbocycles. The Bertz CT molecular complexity index is 757. The second-order valence-corrected chi connectivity index (χ2v) is 7.86. The molecule has 6 nitrogen and oxygen atoms in total. The second-order valence-electron chi connectivity index (χ2n) is 7.08. The van der Waals surface area contributed by atoms with Crippen LogP contribution in [0.5, 0.6) is 0 Å². The van der Waals surface area contributed by atoms with Crippen molar-refractivity contribution in [2.24, 2.45) is 0 Å². The van der Waals surface area contributed by atoms with Gasteiger partial charge in [0, 0.05) is 32.1 Å². The smallest absolute Gasteiger partial charge is 0.276 e. The summed E-state index contributed by atoms with van der Waals surface area (Å²) in [4.78, 5) is 15.9. The Hall–Kier alpha value is -1.87. The molecule has 0 aliphatic carbocycles. The molecule has 1 unspecified atom stereocenters. The molecule has 4 heterocycles. The highest BCUT2D eigenvalue weighted by atomic mass is 32.1. The van der Waals surface area contributed by atoms with Crippen LogP contribution in [0.3, 0.4) is 0 Å². The van der Waals surface area contributed by atoms with E-state index in [1.807, 2.05) is 16.8 Å². The average Bonchev–Trinajstić information content (AvgIpc) is 3.36. The number of alkyl halides is 2. The van der Waals surface area contributed by atoms with Gasteiger partial charge in [-0.3, -0.25) is 14.4 Å². The summed E-state index contributed by atoms with van der Waals surface area (Å²) in [6, 6.07) is 1.63. The Morgan fingerprint density at radius 3 is 2.88 bits per heavy atom. The van der Waals surface area contributed by atoms with Crippen molar-refractivity contribution in [2.45, 2.75) is 44.3 Å². The average molecular weight is 381 g/mol. The highest BCUT2D eigenvalue weighted by Gasteiger charge is 2.45. The molecule has 0 bridgehead atoms. The van der Waals surface area contributed by atoms with E-state index >= 15 is 0 Å². The van der Waals surface area contributed by atoms with Crippen LogP contribution in [0.25, 0.3) is 0 Å². The van der Waals surface area contributed by atoms with Gasteiger partial charge in [-0.05, 0) is 35.2 Å². The zero-order chi connectivity index (χ0) is 18.1. The van der Waals surface area contributed by atoms with E-state index in [0.29, 0.717) is 18.8 Å². The van der Waals surface area contributed by atoms with Crippen molar-refractivity contribution < 1.29 is 13.6 Å². The molecule has 0 N–H and O–H groups in total. The van der Waals surface area contributed by atoms with Crippen molar-refractivity contribution in [2.75, 3.05) is 19.6 Å². The summed E-state index contributed by atoms with van der Waals surface area (Å²) in [5.74, 6) is -2.82. The number of carbonyl (C=O) groups is 1. The molecule has 26 heavy (non-hydrogen) atoms. The highest BCUT2D eigenvalue weighted by molar-refractivity contribution is 7.07. The quantitative estimate of drug-likeness (QED) is 0.799. The van der Waals surface area contributed by atoms with Gasteiger partial charge in [0.25, 0.3) is 11.8 Å². The van der Waals surface area contributed by atoms with Gasteiger partial charge in [-0.25, -0.2) is 8.78 Å². The number of hydrogen-bond donors (Lipinski definition) is 0. The van der Waals surface area contributed by atoms with E-state index in [2.05, 4.69) is 10.3 Å². The number of halogens is 2. The fraction of sp³-hybridized carbons (Fsp3) is 0.588. The van der Waals surface area contributed by atoms with E-state index in [9.17, 15) is 13.6 Å². The fourth-order valence-corrected chi connectivity index (χ4v) is 4.39. The molecule has 2 aliphatic rings. The molecule has 2 saturated heterocycles. The van der Waals surface area contributed by atoms with Crippen molar-refractivity contribution in [1.82, 2.24) is 24.8 Å². The number of thiophene rings is 1. The Morgan fingerprint density at radius 2 is 2.15 bits per heavy atom. The number of amides is 1. The minimum absolute atomic E-state index is 0.124. The van der Waals surface area contributed by atoms with Gasteiger partial charge in [0.2, 0.25) is 0 Å². The number of likely N-dealkylation sites (tertiary alicyclic amines) is 2. The highest BCUT2D eigenvalue weighted by Crippen LogP contribution is 2.34. The van der Waals surface area contributed by atoms with Crippen LogP contribution in [0.1, 0.15) is 35.3 Å². The Morgan fingerprint density at radius 1 is 1.35 bits per heavy atom. The SMILES string of the molecule is O=C(c1cn(CC2CC(F)(F)CN2Cc2ccsc2)nn1)N1CCCC1. The Balaban J connectivity index is 1.44. The lowest BCUT2D eigenvalue weighted by molar-refractivity contribution is 0.0113. The Labute approximate surface area is 154 Å². The third kappa shape index (κ3) is 3.78. The number of aromatic nitrogens is 3. The molecule has 2 aliphatic heterocycles. The van der Waals surface area contributed by atoms with Gasteiger partial charge in [-0.1, -0.05) is 5.21 Å². The third-order valence-electron chi connectivity index (χ3n) is 5.00. The molecule has 0 spiro atoms. The maximum Gasteiger partial charge on any atom is 0.276 e. The van der Waals surface area contributed by atoms with Crippen LogP contribution in [0, 0.1) is 0 Å². The fourth-order valence-electron chi connectivity index (χ4n) is 3.73. The zero-order valence-electron chi connectivity index (χ0n) is 14.4. The molecule has 140 valence electrons. The van der Waals surface area contributed by atoms with E-state index in [0.717, 1.165) is 31.5 Å². The predicted octanol–water partition coefficient (Wildman–Crippen LogP) is 2.49. The van der Waals surface area contributed by atoms with Crippen LogP contribution in [0.15, 0.2) is 23.0 Å². The van der Waals surface area contributed by atoms with Crippen molar-refractivity contribution >= 4 is 17.2 Å². The van der Waals surface area contributed by atoms with Gasteiger partial charge in [0.15, 0.2) is 5.69 Å². The van der Waals surface area contributed by atoms with Crippen molar-refractivity contribution in [3.63, 3.8) is 0 Å². The van der Waals surface area contributed by atoms with Gasteiger partial charge < -0.3 is 4.90 Å². The van der Waals surface area contributed by atoms with Crippen LogP contribution in [0.2, 0.25) is 0 Å². The van der Waals surface area contributed by atoms with Crippen LogP contribution in [0.4, 0.5) is 8.78 Å². The number of rotatable bonds is 5. The molecule has 2 aromatic rings. The van der Waals surface area contributed by atoms with E-state index in [1.54, 1.807) is 27.3 Å². The van der Waals surface area contributed by atoms with E-state index in [1.165, 1.54) is 4.68 Å². The summed E-state index contributed by atoms with van der Waals surface area (Å²) in [5, 5.41) is 11.9. The summed E-state index contributed by atoms with van der Waals surface area (Å²) in [6.07, 6.45) is 3.40. The van der Waals surface area contributed by atoms with Gasteiger partial charge in [0.05, 0.1) is 19.3 Å². The maximum atomic E-state index is 14.0. The van der Waals surface area contributed by atoms with Crippen LogP contribution in [-0.4, -0.2) is 62.3 Å². The van der Waals surface area contributed by atoms with E-state index < -0.39 is 5.92 Å². The first kappa shape index (κ1) is 17.5. The lowest BCUT2D eigenvalue weighted by atomic mass is 10.2. The number of carbonyl (C=O) groups excluding carboxylic acids is 1. The molecule has 2 fully saturated rings. The van der Waals surface area contributed by atoms with Gasteiger partial charge in [0.1, 0.15) is 0 Å². The largest absolute Gasteiger partial charge is 0.337 e. The molecule has 2 aromatic heterocycles. The second kappa shape index (κ2) is 7.03. The minimum Gasteiger partial charge on any atom is -0.337 e. The van der Waals surface area contributed by atoms with Crippen molar-refractivity contribution in [1.29, 1.82) is 0 Å². The van der Waals surface area contributed by atoms with Crippen LogP contribution in [-0.2, 0) is 13.1 Å². The minimum atomic E-state index is -2.70. The van der Waals surface area contributed by atoms with Gasteiger partial charge in [-0.15, -0.1) is 5.10 Å². The van der Waals surface area contributed by atoms with Crippen LogP contribution >= 0.6 is 11.3 Å². The molecule has 0 aromatic carbocycles. The first-order valence-corrected chi connectivity index (χ1v) is 9.77. The van der Waals surface area contributed by atoms with Crippen LogP contribution < -0.4 is 0 Å². The lowest BCUT2D eigenvalue weighted by Crippen LogP contribution is -2.33. The zero-order valence-corrected chi connectivity index (χ0v) is 15.2. The predicted molar refractivity (Wildman–Crippen MR) is 93.2 cm³/mol. The normalized spacial score (nSPS) is 23.0. The monoisotopic (exact) mass is 381 g/mol. The molecule has 1 amide bonds. The Kier molecular flexibility index (Phi) is 4.74. The molecule has 9 heteroatoms. The summed E-state index contributed by atoms with van der Waals surface area (Å²) in [6.45, 7) is 2.05. The summed E-state index contributed by atoms with van der Waals surface area (Å²) >= 11 is 1.56. The molecule has 1 atom stereocenters. The molecular formula is C17H21F2N5OS. The molecule has 0 radical (unpaired) electrons. The topological polar surface area (TPSA) is 54.3 Å². The number of nitrogens with zero attached hydrogens (tertiary/aromatic N) is 5. The first-order chi connectivity index (χ1) is 12.5.